The van der Waals surface area contributed by atoms with Crippen molar-refractivity contribution < 1.29 is 37.5 Å². The summed E-state index contributed by atoms with van der Waals surface area (Å²) in [6.45, 7) is 1.44. The van der Waals surface area contributed by atoms with E-state index in [1.54, 1.807) is 12.1 Å². The Morgan fingerprint density at radius 2 is 1.74 bits per heavy atom. The number of esters is 1. The van der Waals surface area contributed by atoms with Crippen LogP contribution in [-0.2, 0) is 16.0 Å². The number of benzene rings is 3. The lowest BCUT2D eigenvalue weighted by atomic mass is 10.0. The van der Waals surface area contributed by atoms with E-state index in [2.05, 4.69) is 4.98 Å². The Labute approximate surface area is 262 Å². The number of H-pyrrole nitrogens is 1. The number of aliphatic carboxylic acids is 1. The summed E-state index contributed by atoms with van der Waals surface area (Å²) in [4.78, 5) is 47.9. The monoisotopic (exact) mass is 657 g/mol. The first-order valence-electron chi connectivity index (χ1n) is 13.2. The maximum Gasteiger partial charge on any atom is 0.490 e. The van der Waals surface area contributed by atoms with Crippen molar-refractivity contribution in [2.45, 2.75) is 25.6 Å². The van der Waals surface area contributed by atoms with Crippen LogP contribution in [-0.4, -0.2) is 48.8 Å². The number of nitro benzene ring substituents is 1. The maximum atomic E-state index is 12.9. The Morgan fingerprint density at radius 3 is 2.30 bits per heavy atom. The molecular weight excluding hydrogens is 635 g/mol. The molecule has 2 aromatic heterocycles. The molecule has 5 aromatic rings. The lowest BCUT2D eigenvalue weighted by Gasteiger charge is -2.12. The van der Waals surface area contributed by atoms with Gasteiger partial charge in [-0.3, -0.25) is 14.9 Å². The molecule has 238 valence electrons. The normalized spacial score (nSPS) is 11.8. The van der Waals surface area contributed by atoms with E-state index < -0.39 is 34.6 Å². The first-order chi connectivity index (χ1) is 21.6. The zero-order chi connectivity index (χ0) is 33.8. The third kappa shape index (κ3) is 7.75. The molecule has 0 saturated heterocycles. The maximum absolute atomic E-state index is 12.9. The fourth-order valence-corrected chi connectivity index (χ4v) is 4.36. The number of halogens is 4. The molecule has 0 aliphatic rings. The lowest BCUT2D eigenvalue weighted by molar-refractivity contribution is -0.384. The summed E-state index contributed by atoms with van der Waals surface area (Å²) in [5, 5.41) is 24.0. The van der Waals surface area contributed by atoms with Crippen LogP contribution in [0.2, 0.25) is 5.02 Å². The first kappa shape index (κ1) is 33.4. The highest BCUT2D eigenvalue weighted by Gasteiger charge is 2.38. The number of nitrogens with two attached hydrogens (primary N) is 1. The number of hydrogen-bond acceptors (Lipinski definition) is 8. The van der Waals surface area contributed by atoms with Gasteiger partial charge in [0.15, 0.2) is 0 Å². The van der Waals surface area contributed by atoms with E-state index in [1.165, 1.54) is 29.6 Å². The second-order valence-corrected chi connectivity index (χ2v) is 10.2. The minimum atomic E-state index is -5.08. The van der Waals surface area contributed by atoms with Gasteiger partial charge in [0.2, 0.25) is 0 Å². The van der Waals surface area contributed by atoms with Gasteiger partial charge in [-0.05, 0) is 36.2 Å². The number of aromatic nitrogens is 3. The Hall–Kier alpha value is -5.54. The molecule has 0 spiro atoms. The molecule has 1 atom stereocenters. The van der Waals surface area contributed by atoms with Crippen molar-refractivity contribution in [2.75, 3.05) is 0 Å². The molecule has 2 heterocycles. The van der Waals surface area contributed by atoms with E-state index in [4.69, 9.17) is 37.1 Å². The molecule has 16 heteroatoms. The van der Waals surface area contributed by atoms with E-state index in [-0.39, 0.29) is 22.7 Å². The minimum Gasteiger partial charge on any atom is -0.475 e. The Balaban J connectivity index is 0.000000617. The Kier molecular flexibility index (Phi) is 9.88. The predicted octanol–water partition coefficient (Wildman–Crippen LogP) is 5.39. The fourth-order valence-electron chi connectivity index (χ4n) is 4.24. The summed E-state index contributed by atoms with van der Waals surface area (Å²) in [6.07, 6.45) is -4.63. The van der Waals surface area contributed by atoms with Crippen LogP contribution in [0.15, 0.2) is 83.7 Å². The Morgan fingerprint density at radius 1 is 1.11 bits per heavy atom. The molecule has 0 bridgehead atoms. The summed E-state index contributed by atoms with van der Waals surface area (Å²) in [7, 11) is 0. The molecule has 12 nitrogen and oxygen atoms in total. The number of alkyl halides is 3. The first-order valence-corrected chi connectivity index (χ1v) is 13.5. The molecule has 0 aliphatic heterocycles. The summed E-state index contributed by atoms with van der Waals surface area (Å²) in [6, 6.07) is 21.0. The molecule has 0 aliphatic carbocycles. The van der Waals surface area contributed by atoms with Crippen molar-refractivity contribution in [3.8, 4) is 28.1 Å². The van der Waals surface area contributed by atoms with Crippen molar-refractivity contribution in [1.29, 1.82) is 0 Å². The van der Waals surface area contributed by atoms with Crippen LogP contribution in [0.4, 0.5) is 18.9 Å². The number of hydrogen-bond donors (Lipinski definition) is 3. The van der Waals surface area contributed by atoms with Crippen molar-refractivity contribution in [3.63, 3.8) is 0 Å². The van der Waals surface area contributed by atoms with Crippen LogP contribution < -0.4 is 16.0 Å². The average Bonchev–Trinajstić information content (AvgIpc) is 3.34. The van der Waals surface area contributed by atoms with Gasteiger partial charge in [0.1, 0.15) is 17.4 Å². The molecule has 46 heavy (non-hydrogen) atoms. The highest BCUT2D eigenvalue weighted by molar-refractivity contribution is 6.30. The van der Waals surface area contributed by atoms with Crippen molar-refractivity contribution in [1.82, 2.24) is 14.6 Å². The minimum absolute atomic E-state index is 0.119. The lowest BCUT2D eigenvalue weighted by Crippen LogP contribution is -2.31. The molecule has 3 aromatic carbocycles. The average molecular weight is 658 g/mol. The van der Waals surface area contributed by atoms with Gasteiger partial charge >= 0.3 is 18.1 Å². The van der Waals surface area contributed by atoms with E-state index in [0.717, 1.165) is 17.2 Å². The van der Waals surface area contributed by atoms with E-state index in [1.807, 2.05) is 42.5 Å². The third-order valence-corrected chi connectivity index (χ3v) is 6.57. The quantitative estimate of drug-likeness (QED) is 0.0893. The standard InChI is InChI=1S/C28H22ClN5O5.C2HF3O2/c1-16(30)28(36)39-24-14-20(34(37)38)11-12-21(24)23-15-25(35)31-27-26(18-7-9-19(29)10-8-18)22(32-33(23)27)13-17-5-3-2-4-6-17;3-2(4,5)1(6)7/h2-12,14-16H,13,30H2,1H3,(H,31,35);(H,6,7)/t16-;/m0./s1. The molecule has 0 amide bonds. The summed E-state index contributed by atoms with van der Waals surface area (Å²) in [5.74, 6) is -3.66. The number of rotatable bonds is 7. The van der Waals surface area contributed by atoms with Gasteiger partial charge < -0.3 is 20.6 Å². The molecular formula is C30H23ClF3N5O7. The van der Waals surface area contributed by atoms with Crippen LogP contribution in [0, 0.1) is 10.1 Å². The fraction of sp³-hybridized carbons (Fsp3) is 0.133. The number of nitrogens with zero attached hydrogens (tertiary/aromatic N) is 3. The van der Waals surface area contributed by atoms with Gasteiger partial charge in [-0.25, -0.2) is 14.1 Å². The van der Waals surface area contributed by atoms with Gasteiger partial charge in [-0.1, -0.05) is 54.1 Å². The van der Waals surface area contributed by atoms with E-state index in [9.17, 15) is 32.9 Å². The number of carbonyl (C=O) groups excluding carboxylic acids is 1. The predicted molar refractivity (Wildman–Crippen MR) is 161 cm³/mol. The topological polar surface area (TPSA) is 183 Å². The van der Waals surface area contributed by atoms with E-state index in [0.29, 0.717) is 28.3 Å². The number of nitrogens with one attached hydrogen (secondary N) is 1. The summed E-state index contributed by atoms with van der Waals surface area (Å²) in [5.41, 5.74) is 8.98. The molecule has 0 fully saturated rings. The molecule has 4 N–H and O–H groups in total. The molecule has 0 saturated carbocycles. The molecule has 0 unspecified atom stereocenters. The highest BCUT2D eigenvalue weighted by Crippen LogP contribution is 2.36. The van der Waals surface area contributed by atoms with Gasteiger partial charge in [0.25, 0.3) is 11.2 Å². The van der Waals surface area contributed by atoms with Crippen LogP contribution in [0.3, 0.4) is 0 Å². The zero-order valence-corrected chi connectivity index (χ0v) is 24.4. The van der Waals surface area contributed by atoms with Gasteiger partial charge in [-0.2, -0.15) is 18.3 Å². The van der Waals surface area contributed by atoms with Crippen LogP contribution in [0.25, 0.3) is 28.0 Å². The number of ether oxygens (including phenoxy) is 1. The molecule has 0 radical (unpaired) electrons. The van der Waals surface area contributed by atoms with Crippen LogP contribution >= 0.6 is 11.6 Å². The Bertz CT molecular complexity index is 1980. The number of aromatic amines is 1. The van der Waals surface area contributed by atoms with Crippen molar-refractivity contribution >= 4 is 34.9 Å². The number of nitro groups is 1. The number of carboxylic acid groups (broad SMARTS) is 1. The van der Waals surface area contributed by atoms with Crippen LogP contribution in [0.1, 0.15) is 18.2 Å². The molecule has 5 rings (SSSR count). The van der Waals surface area contributed by atoms with E-state index >= 15 is 0 Å². The highest BCUT2D eigenvalue weighted by atomic mass is 35.5. The van der Waals surface area contributed by atoms with Crippen molar-refractivity contribution in [3.05, 3.63) is 116 Å². The van der Waals surface area contributed by atoms with Crippen LogP contribution in [0.5, 0.6) is 5.75 Å². The number of carboxylic acids is 1. The van der Waals surface area contributed by atoms with Crippen molar-refractivity contribution in [2.24, 2.45) is 5.73 Å². The second kappa shape index (κ2) is 13.6. The SMILES string of the molecule is C[C@H](N)C(=O)Oc1cc([N+](=O)[O-])ccc1-c1cc(=O)[nH]c2c(-c3ccc(Cl)cc3)c(Cc3ccccc3)nn12.O=C(O)C(F)(F)F. The number of carbonyl (C=O) groups is 2. The number of non-ortho nitro benzene ring substituents is 1. The summed E-state index contributed by atoms with van der Waals surface area (Å²) >= 11 is 6.13. The van der Waals surface area contributed by atoms with Gasteiger partial charge in [0, 0.05) is 34.7 Å². The smallest absolute Gasteiger partial charge is 0.475 e. The zero-order valence-electron chi connectivity index (χ0n) is 23.6. The largest absolute Gasteiger partial charge is 0.490 e. The number of fused-ring (bicyclic) bond motifs is 1. The second-order valence-electron chi connectivity index (χ2n) is 9.72. The van der Waals surface area contributed by atoms with Gasteiger partial charge in [0.05, 0.1) is 22.4 Å². The van der Waals surface area contributed by atoms with Gasteiger partial charge in [-0.15, -0.1) is 0 Å². The third-order valence-electron chi connectivity index (χ3n) is 6.32. The summed E-state index contributed by atoms with van der Waals surface area (Å²) < 4.78 is 38.7.